The van der Waals surface area contributed by atoms with Gasteiger partial charge < -0.3 is 4.98 Å². The van der Waals surface area contributed by atoms with Crippen LogP contribution in [0.1, 0.15) is 11.3 Å². The summed E-state index contributed by atoms with van der Waals surface area (Å²) in [7, 11) is 0. The van der Waals surface area contributed by atoms with Crippen molar-refractivity contribution in [2.24, 2.45) is 0 Å². The molecule has 0 radical (unpaired) electrons. The number of aryl methyl sites for hydroxylation is 2. The van der Waals surface area contributed by atoms with Crippen molar-refractivity contribution in [2.75, 3.05) is 0 Å². The maximum absolute atomic E-state index is 11.4. The van der Waals surface area contributed by atoms with Gasteiger partial charge in [0.15, 0.2) is 0 Å². The van der Waals surface area contributed by atoms with Crippen LogP contribution in [-0.4, -0.2) is 9.97 Å². The van der Waals surface area contributed by atoms with Crippen molar-refractivity contribution in [3.05, 3.63) is 64.2 Å². The van der Waals surface area contributed by atoms with E-state index < -0.39 is 0 Å². The van der Waals surface area contributed by atoms with Gasteiger partial charge in [-0.25, -0.2) is 0 Å². The van der Waals surface area contributed by atoms with Gasteiger partial charge in [-0.2, -0.15) is 0 Å². The molecule has 0 fully saturated rings. The Morgan fingerprint density at radius 1 is 1.00 bits per heavy atom. The summed E-state index contributed by atoms with van der Waals surface area (Å²) in [5.41, 5.74) is 4.78. The van der Waals surface area contributed by atoms with Crippen molar-refractivity contribution >= 4 is 10.9 Å². The predicted octanol–water partition coefficient (Wildman–Crippen LogP) is 3.21. The van der Waals surface area contributed by atoms with Crippen LogP contribution in [0.5, 0.6) is 0 Å². The average molecular weight is 250 g/mol. The molecule has 19 heavy (non-hydrogen) atoms. The third kappa shape index (κ3) is 2.15. The molecule has 94 valence electrons. The lowest BCUT2D eigenvalue weighted by Crippen LogP contribution is -2.07. The molecule has 3 nitrogen and oxygen atoms in total. The number of fused-ring (bicyclic) bond motifs is 1. The molecule has 3 heteroatoms. The zero-order chi connectivity index (χ0) is 13.4. The number of aromatic amines is 1. The molecule has 0 unspecified atom stereocenters. The second-order valence-electron chi connectivity index (χ2n) is 4.76. The molecule has 0 saturated carbocycles. The van der Waals surface area contributed by atoms with Gasteiger partial charge in [0.1, 0.15) is 0 Å². The molecule has 3 rings (SSSR count). The van der Waals surface area contributed by atoms with E-state index in [4.69, 9.17) is 0 Å². The Hall–Kier alpha value is -2.42. The van der Waals surface area contributed by atoms with Gasteiger partial charge in [-0.1, -0.05) is 12.1 Å². The molecule has 0 atom stereocenters. The zero-order valence-corrected chi connectivity index (χ0v) is 10.9. The molecular formula is C16H14N2O. The predicted molar refractivity (Wildman–Crippen MR) is 77.3 cm³/mol. The summed E-state index contributed by atoms with van der Waals surface area (Å²) in [4.78, 5) is 18.6. The molecular weight excluding hydrogens is 236 g/mol. The van der Waals surface area contributed by atoms with E-state index in [0.717, 1.165) is 33.3 Å². The van der Waals surface area contributed by atoms with E-state index in [1.807, 2.05) is 38.1 Å². The molecule has 0 amide bonds. The second kappa shape index (κ2) is 4.35. The third-order valence-electron chi connectivity index (χ3n) is 3.25. The quantitative estimate of drug-likeness (QED) is 0.720. The highest BCUT2D eigenvalue weighted by atomic mass is 16.1. The number of H-pyrrole nitrogens is 1. The van der Waals surface area contributed by atoms with Gasteiger partial charge in [-0.15, -0.1) is 0 Å². The first-order valence-corrected chi connectivity index (χ1v) is 6.20. The average Bonchev–Trinajstić information content (AvgIpc) is 2.41. The SMILES string of the molecule is Cc1ccc2cc(-c3c[nH]c(=O)c(C)c3)ccc2n1. The van der Waals surface area contributed by atoms with Crippen molar-refractivity contribution in [1.29, 1.82) is 0 Å². The van der Waals surface area contributed by atoms with Crippen LogP contribution in [0.15, 0.2) is 47.4 Å². The van der Waals surface area contributed by atoms with Crippen molar-refractivity contribution < 1.29 is 0 Å². The minimum Gasteiger partial charge on any atom is -0.328 e. The molecule has 1 aromatic carbocycles. The Kier molecular flexibility index (Phi) is 2.67. The number of nitrogens with zero attached hydrogens (tertiary/aromatic N) is 1. The first-order valence-electron chi connectivity index (χ1n) is 6.20. The van der Waals surface area contributed by atoms with Crippen LogP contribution in [0, 0.1) is 13.8 Å². The Labute approximate surface area is 111 Å². The standard InChI is InChI=1S/C16H14N2O/c1-10-7-14(9-17-16(10)19)12-5-6-15-13(8-12)4-3-11(2)18-15/h3-9H,1-2H3,(H,17,19). The highest BCUT2D eigenvalue weighted by Gasteiger charge is 2.03. The summed E-state index contributed by atoms with van der Waals surface area (Å²) in [5.74, 6) is 0. The van der Waals surface area contributed by atoms with E-state index >= 15 is 0 Å². The van der Waals surface area contributed by atoms with E-state index in [9.17, 15) is 4.79 Å². The van der Waals surface area contributed by atoms with Gasteiger partial charge in [0.2, 0.25) is 0 Å². The number of hydrogen-bond acceptors (Lipinski definition) is 2. The van der Waals surface area contributed by atoms with E-state index in [1.165, 1.54) is 0 Å². The van der Waals surface area contributed by atoms with E-state index in [0.29, 0.717) is 0 Å². The van der Waals surface area contributed by atoms with E-state index in [2.05, 4.69) is 22.1 Å². The zero-order valence-electron chi connectivity index (χ0n) is 10.9. The Morgan fingerprint density at radius 2 is 1.84 bits per heavy atom. The fourth-order valence-electron chi connectivity index (χ4n) is 2.17. The van der Waals surface area contributed by atoms with Gasteiger partial charge in [0.25, 0.3) is 5.56 Å². The number of rotatable bonds is 1. The molecule has 0 saturated heterocycles. The molecule has 0 aliphatic heterocycles. The molecule has 0 bridgehead atoms. The van der Waals surface area contributed by atoms with Crippen LogP contribution in [0.25, 0.3) is 22.0 Å². The highest BCUT2D eigenvalue weighted by Crippen LogP contribution is 2.23. The van der Waals surface area contributed by atoms with Crippen LogP contribution in [0.3, 0.4) is 0 Å². The maximum atomic E-state index is 11.4. The van der Waals surface area contributed by atoms with Crippen LogP contribution < -0.4 is 5.56 Å². The Morgan fingerprint density at radius 3 is 2.63 bits per heavy atom. The molecule has 0 spiro atoms. The third-order valence-corrected chi connectivity index (χ3v) is 3.25. The maximum Gasteiger partial charge on any atom is 0.250 e. The molecule has 0 aliphatic rings. The van der Waals surface area contributed by atoms with Crippen molar-refractivity contribution in [2.45, 2.75) is 13.8 Å². The number of aromatic nitrogens is 2. The summed E-state index contributed by atoms with van der Waals surface area (Å²) in [6, 6.07) is 12.1. The summed E-state index contributed by atoms with van der Waals surface area (Å²) in [6.07, 6.45) is 1.75. The van der Waals surface area contributed by atoms with Gasteiger partial charge >= 0.3 is 0 Å². The van der Waals surface area contributed by atoms with Gasteiger partial charge in [-0.05, 0) is 49.2 Å². The summed E-state index contributed by atoms with van der Waals surface area (Å²) in [5, 5.41) is 1.10. The first-order chi connectivity index (χ1) is 9.13. The lowest BCUT2D eigenvalue weighted by atomic mass is 10.0. The van der Waals surface area contributed by atoms with Crippen LogP contribution in [-0.2, 0) is 0 Å². The van der Waals surface area contributed by atoms with Gasteiger partial charge in [0.05, 0.1) is 5.52 Å². The van der Waals surface area contributed by atoms with E-state index in [1.54, 1.807) is 6.20 Å². The lowest BCUT2D eigenvalue weighted by Gasteiger charge is -2.05. The van der Waals surface area contributed by atoms with E-state index in [-0.39, 0.29) is 5.56 Å². The fraction of sp³-hybridized carbons (Fsp3) is 0.125. The molecule has 3 aromatic rings. The topological polar surface area (TPSA) is 45.8 Å². The van der Waals surface area contributed by atoms with Gasteiger partial charge in [-0.3, -0.25) is 9.78 Å². The minimum atomic E-state index is -0.0400. The Balaban J connectivity index is 2.17. The molecule has 2 aromatic heterocycles. The highest BCUT2D eigenvalue weighted by molar-refractivity contribution is 5.84. The van der Waals surface area contributed by atoms with Gasteiger partial charge in [0, 0.05) is 22.8 Å². The van der Waals surface area contributed by atoms with Crippen molar-refractivity contribution in [3.8, 4) is 11.1 Å². The Bertz CT molecular complexity index is 818. The fourth-order valence-corrected chi connectivity index (χ4v) is 2.17. The number of benzene rings is 1. The largest absolute Gasteiger partial charge is 0.328 e. The summed E-state index contributed by atoms with van der Waals surface area (Å²) < 4.78 is 0. The summed E-state index contributed by atoms with van der Waals surface area (Å²) >= 11 is 0. The second-order valence-corrected chi connectivity index (χ2v) is 4.76. The molecule has 0 aliphatic carbocycles. The number of pyridine rings is 2. The number of nitrogens with one attached hydrogen (secondary N) is 1. The normalized spacial score (nSPS) is 10.8. The molecule has 2 heterocycles. The monoisotopic (exact) mass is 250 g/mol. The summed E-state index contributed by atoms with van der Waals surface area (Å²) in [6.45, 7) is 3.80. The molecule has 1 N–H and O–H groups in total. The minimum absolute atomic E-state index is 0.0400. The smallest absolute Gasteiger partial charge is 0.250 e. The van der Waals surface area contributed by atoms with Crippen molar-refractivity contribution in [3.63, 3.8) is 0 Å². The van der Waals surface area contributed by atoms with Crippen LogP contribution in [0.2, 0.25) is 0 Å². The van der Waals surface area contributed by atoms with Crippen LogP contribution >= 0.6 is 0 Å². The van der Waals surface area contributed by atoms with Crippen molar-refractivity contribution in [1.82, 2.24) is 9.97 Å². The number of hydrogen-bond donors (Lipinski definition) is 1. The van der Waals surface area contributed by atoms with Crippen LogP contribution in [0.4, 0.5) is 0 Å². The first kappa shape index (κ1) is 11.7. The lowest BCUT2D eigenvalue weighted by molar-refractivity contribution is 1.18.